The van der Waals surface area contributed by atoms with Gasteiger partial charge in [-0.3, -0.25) is 9.59 Å². The summed E-state index contributed by atoms with van der Waals surface area (Å²) in [4.78, 5) is 26.0. The minimum absolute atomic E-state index is 0.0574. The van der Waals surface area contributed by atoms with Gasteiger partial charge in [-0.1, -0.05) is 11.6 Å². The third kappa shape index (κ3) is 2.50. The lowest BCUT2D eigenvalue weighted by atomic mass is 9.95. The Balaban J connectivity index is 1.90. The first kappa shape index (κ1) is 15.3. The summed E-state index contributed by atoms with van der Waals surface area (Å²) >= 11 is 7.44. The zero-order chi connectivity index (χ0) is 16.8. The molecule has 0 saturated carbocycles. The summed E-state index contributed by atoms with van der Waals surface area (Å²) < 4.78 is 1.38. The first-order valence-corrected chi connectivity index (χ1v) is 8.75. The highest BCUT2D eigenvalue weighted by molar-refractivity contribution is 7.14. The second kappa shape index (κ2) is 5.69. The number of ketones is 1. The lowest BCUT2D eigenvalue weighted by Gasteiger charge is -2.16. The lowest BCUT2D eigenvalue weighted by Crippen LogP contribution is -2.23. The van der Waals surface area contributed by atoms with Crippen molar-refractivity contribution in [1.29, 1.82) is 0 Å². The van der Waals surface area contributed by atoms with E-state index in [0.717, 1.165) is 39.4 Å². The molecule has 0 N–H and O–H groups in total. The van der Waals surface area contributed by atoms with Crippen LogP contribution in [0, 0.1) is 0 Å². The molecule has 0 aliphatic heterocycles. The Hall–Kier alpha value is -2.24. The van der Waals surface area contributed by atoms with E-state index in [1.807, 2.05) is 6.07 Å². The van der Waals surface area contributed by atoms with Crippen molar-refractivity contribution in [3.8, 4) is 16.9 Å². The van der Waals surface area contributed by atoms with Crippen LogP contribution in [0.25, 0.3) is 16.9 Å². The van der Waals surface area contributed by atoms with Gasteiger partial charge >= 0.3 is 0 Å². The lowest BCUT2D eigenvalue weighted by molar-refractivity contribution is 0.102. The maximum Gasteiger partial charge on any atom is 0.271 e. The van der Waals surface area contributed by atoms with Crippen LogP contribution in [0.1, 0.15) is 27.0 Å². The Kier molecular flexibility index (Phi) is 3.62. The molecule has 0 spiro atoms. The number of benzene rings is 1. The number of halogens is 1. The summed E-state index contributed by atoms with van der Waals surface area (Å²) in [5.74, 6) is 0.0574. The Morgan fingerprint density at radius 3 is 2.67 bits per heavy atom. The summed E-state index contributed by atoms with van der Waals surface area (Å²) in [6.45, 7) is 1.57. The fourth-order valence-electron chi connectivity index (χ4n) is 2.91. The fourth-order valence-corrected chi connectivity index (χ4v) is 4.09. The smallest absolute Gasteiger partial charge is 0.271 e. The largest absolute Gasteiger partial charge is 0.294 e. The predicted molar refractivity (Wildman–Crippen MR) is 95.6 cm³/mol. The van der Waals surface area contributed by atoms with Gasteiger partial charge in [-0.05, 0) is 55.7 Å². The maximum absolute atomic E-state index is 12.4. The zero-order valence-electron chi connectivity index (χ0n) is 12.9. The third-order valence-corrected chi connectivity index (χ3v) is 5.66. The van der Waals surface area contributed by atoms with Crippen LogP contribution in [0.2, 0.25) is 5.02 Å². The van der Waals surface area contributed by atoms with Crippen molar-refractivity contribution in [2.45, 2.75) is 19.8 Å². The number of aromatic nitrogens is 2. The van der Waals surface area contributed by atoms with Gasteiger partial charge in [0.05, 0.1) is 16.3 Å². The van der Waals surface area contributed by atoms with Crippen LogP contribution < -0.4 is 5.56 Å². The molecule has 0 saturated heterocycles. The molecule has 4 nitrogen and oxygen atoms in total. The number of aryl methyl sites for hydroxylation is 2. The summed E-state index contributed by atoms with van der Waals surface area (Å²) in [5.41, 5.74) is 3.19. The molecule has 0 atom stereocenters. The van der Waals surface area contributed by atoms with Crippen molar-refractivity contribution in [2.24, 2.45) is 0 Å². The van der Waals surface area contributed by atoms with Gasteiger partial charge in [0.2, 0.25) is 0 Å². The molecule has 0 radical (unpaired) electrons. The maximum atomic E-state index is 12.4. The van der Waals surface area contributed by atoms with Gasteiger partial charge in [-0.2, -0.15) is 9.78 Å². The first-order chi connectivity index (χ1) is 11.5. The summed E-state index contributed by atoms with van der Waals surface area (Å²) in [6.07, 6.45) is 1.61. The topological polar surface area (TPSA) is 52.0 Å². The molecule has 0 fully saturated rings. The predicted octanol–water partition coefficient (Wildman–Crippen LogP) is 3.92. The van der Waals surface area contributed by atoms with Gasteiger partial charge in [0.1, 0.15) is 0 Å². The number of hydrogen-bond donors (Lipinski definition) is 0. The van der Waals surface area contributed by atoms with Crippen LogP contribution in [-0.2, 0) is 12.8 Å². The molecule has 0 unspecified atom stereocenters. The van der Waals surface area contributed by atoms with Gasteiger partial charge in [0, 0.05) is 21.5 Å². The Morgan fingerprint density at radius 1 is 1.21 bits per heavy atom. The van der Waals surface area contributed by atoms with Crippen molar-refractivity contribution >= 4 is 28.7 Å². The van der Waals surface area contributed by atoms with Crippen LogP contribution in [0.5, 0.6) is 0 Å². The summed E-state index contributed by atoms with van der Waals surface area (Å²) in [6, 6.07) is 10.5. The van der Waals surface area contributed by atoms with Crippen LogP contribution in [0.4, 0.5) is 0 Å². The molecule has 2 aromatic heterocycles. The fraction of sp³-hybridized carbons (Fsp3) is 0.167. The first-order valence-electron chi connectivity index (χ1n) is 7.56. The van der Waals surface area contributed by atoms with E-state index in [0.29, 0.717) is 10.7 Å². The van der Waals surface area contributed by atoms with E-state index >= 15 is 0 Å². The molecule has 4 rings (SSSR count). The number of nitrogens with zero attached hydrogens (tertiary/aromatic N) is 2. The number of thiophene rings is 1. The molecule has 2 heterocycles. The van der Waals surface area contributed by atoms with Crippen LogP contribution in [0.15, 0.2) is 41.2 Å². The molecule has 3 aromatic rings. The molecule has 120 valence electrons. The van der Waals surface area contributed by atoms with Crippen LogP contribution in [0.3, 0.4) is 0 Å². The minimum Gasteiger partial charge on any atom is -0.294 e. The van der Waals surface area contributed by atoms with Crippen LogP contribution >= 0.6 is 22.9 Å². The second-order valence-corrected chi connectivity index (χ2v) is 7.32. The molecular weight excluding hydrogens is 344 g/mol. The van der Waals surface area contributed by atoms with E-state index in [4.69, 9.17) is 11.6 Å². The van der Waals surface area contributed by atoms with Crippen molar-refractivity contribution < 1.29 is 4.79 Å². The number of fused-ring (bicyclic) bond motifs is 3. The van der Waals surface area contributed by atoms with Gasteiger partial charge in [-0.25, -0.2) is 0 Å². The minimum atomic E-state index is -0.165. The summed E-state index contributed by atoms with van der Waals surface area (Å²) in [7, 11) is 0. The molecule has 1 aliphatic carbocycles. The number of Topliss-reactive ketones (excluding diaryl/α,β-unsaturated/α-hetero) is 1. The van der Waals surface area contributed by atoms with E-state index in [1.165, 1.54) is 16.0 Å². The van der Waals surface area contributed by atoms with Crippen molar-refractivity contribution in [1.82, 2.24) is 9.78 Å². The quantitative estimate of drug-likeness (QED) is 0.654. The molecule has 1 aliphatic rings. The highest BCUT2D eigenvalue weighted by Crippen LogP contribution is 2.37. The number of hydrogen-bond acceptors (Lipinski definition) is 4. The Morgan fingerprint density at radius 2 is 1.96 bits per heavy atom. The Bertz CT molecular complexity index is 1020. The number of carbonyl (C=O) groups is 1. The molecular formula is C18H13ClN2O2S. The molecule has 0 amide bonds. The van der Waals surface area contributed by atoms with E-state index in [9.17, 15) is 9.59 Å². The van der Waals surface area contributed by atoms with Gasteiger partial charge in [-0.15, -0.1) is 11.3 Å². The number of carbonyl (C=O) groups excluding carboxylic acids is 1. The van der Waals surface area contributed by atoms with Gasteiger partial charge in [0.25, 0.3) is 5.56 Å². The highest BCUT2D eigenvalue weighted by Gasteiger charge is 2.23. The SMILES string of the molecule is CC(=O)c1cc2c(s1)CCc1cc(=O)n(-c3ccc(Cl)cc3)nc1-2. The van der Waals surface area contributed by atoms with E-state index in [1.54, 1.807) is 37.3 Å². The second-order valence-electron chi connectivity index (χ2n) is 5.75. The molecule has 6 heteroatoms. The number of rotatable bonds is 2. The molecule has 24 heavy (non-hydrogen) atoms. The van der Waals surface area contributed by atoms with E-state index in [-0.39, 0.29) is 11.3 Å². The molecule has 1 aromatic carbocycles. The van der Waals surface area contributed by atoms with Gasteiger partial charge in [0.15, 0.2) is 5.78 Å². The highest BCUT2D eigenvalue weighted by atomic mass is 35.5. The standard InChI is InChI=1S/C18H13ClN2O2S/c1-10(22)16-9-14-15(24-16)7-2-11-8-17(23)21(20-18(11)14)13-5-3-12(19)4-6-13/h3-6,8-9H,2,7H2,1H3. The van der Waals surface area contributed by atoms with Gasteiger partial charge < -0.3 is 0 Å². The van der Waals surface area contributed by atoms with Crippen molar-refractivity contribution in [3.05, 3.63) is 67.1 Å². The van der Waals surface area contributed by atoms with E-state index < -0.39 is 0 Å². The van der Waals surface area contributed by atoms with Crippen molar-refractivity contribution in [2.75, 3.05) is 0 Å². The van der Waals surface area contributed by atoms with Crippen molar-refractivity contribution in [3.63, 3.8) is 0 Å². The average molecular weight is 357 g/mol. The summed E-state index contributed by atoms with van der Waals surface area (Å²) in [5, 5.41) is 5.19. The normalized spacial score (nSPS) is 12.6. The van der Waals surface area contributed by atoms with Crippen LogP contribution in [-0.4, -0.2) is 15.6 Å². The van der Waals surface area contributed by atoms with E-state index in [2.05, 4.69) is 5.10 Å². The third-order valence-electron chi connectivity index (χ3n) is 4.11. The average Bonchev–Trinajstić information content (AvgIpc) is 3.00. The zero-order valence-corrected chi connectivity index (χ0v) is 14.4. The monoisotopic (exact) mass is 356 g/mol. The Labute approximate surface area is 147 Å². The molecule has 0 bridgehead atoms.